The Kier molecular flexibility index (Phi) is 5.40. The van der Waals surface area contributed by atoms with Gasteiger partial charge in [0.1, 0.15) is 11.9 Å². The van der Waals surface area contributed by atoms with E-state index >= 15 is 0 Å². The molecule has 0 aromatic heterocycles. The molecule has 28 heavy (non-hydrogen) atoms. The van der Waals surface area contributed by atoms with Gasteiger partial charge in [0.2, 0.25) is 0 Å². The van der Waals surface area contributed by atoms with Gasteiger partial charge in [-0.05, 0) is 32.8 Å². The summed E-state index contributed by atoms with van der Waals surface area (Å²) in [5.74, 6) is -3.91. The van der Waals surface area contributed by atoms with Crippen LogP contribution >= 0.6 is 11.6 Å². The third-order valence-electron chi connectivity index (χ3n) is 5.63. The molecule has 3 N–H and O–H groups in total. The predicted octanol–water partition coefficient (Wildman–Crippen LogP) is 0.915. The zero-order chi connectivity index (χ0) is 20.9. The monoisotopic (exact) mass is 416 g/mol. The average molecular weight is 417 g/mol. The number of rotatable bonds is 4. The van der Waals surface area contributed by atoms with Crippen LogP contribution in [-0.2, 0) is 23.8 Å². The lowest BCUT2D eigenvalue weighted by Gasteiger charge is -2.33. The maximum absolute atomic E-state index is 12.4. The highest BCUT2D eigenvalue weighted by Crippen LogP contribution is 2.47. The maximum atomic E-state index is 12.4. The van der Waals surface area contributed by atoms with Crippen molar-refractivity contribution < 1.29 is 39.1 Å². The first-order valence-electron chi connectivity index (χ1n) is 9.16. The Labute approximate surface area is 167 Å². The molecule has 3 aliphatic heterocycles. The fourth-order valence-electron chi connectivity index (χ4n) is 3.78. The van der Waals surface area contributed by atoms with Crippen molar-refractivity contribution in [2.24, 2.45) is 5.92 Å². The van der Waals surface area contributed by atoms with Gasteiger partial charge in [0.25, 0.3) is 0 Å². The normalized spacial score (nSPS) is 37.2. The molecule has 8 nitrogen and oxygen atoms in total. The van der Waals surface area contributed by atoms with Crippen molar-refractivity contribution in [1.82, 2.24) is 0 Å². The average Bonchev–Trinajstić information content (AvgIpc) is 3.10. The number of fused-ring (bicyclic) bond motifs is 3. The molecule has 1 saturated heterocycles. The van der Waals surface area contributed by atoms with Crippen molar-refractivity contribution in [3.8, 4) is 0 Å². The van der Waals surface area contributed by atoms with E-state index in [9.17, 15) is 24.9 Å². The third kappa shape index (κ3) is 3.59. The summed E-state index contributed by atoms with van der Waals surface area (Å²) in [7, 11) is 0. The molecule has 3 rings (SSSR count). The number of hydrogen-bond donors (Lipinski definition) is 3. The van der Waals surface area contributed by atoms with Crippen LogP contribution in [-0.4, -0.2) is 62.8 Å². The number of aliphatic hydroxyl groups is 3. The van der Waals surface area contributed by atoms with E-state index in [1.165, 1.54) is 6.92 Å². The van der Waals surface area contributed by atoms with Gasteiger partial charge in [-0.3, -0.25) is 0 Å². The minimum atomic E-state index is -1.94. The van der Waals surface area contributed by atoms with Crippen LogP contribution in [0.1, 0.15) is 40.0 Å². The summed E-state index contributed by atoms with van der Waals surface area (Å²) in [6, 6.07) is 0. The first-order chi connectivity index (χ1) is 12.9. The second-order valence-electron chi connectivity index (χ2n) is 8.15. The highest BCUT2D eigenvalue weighted by atomic mass is 35.5. The first kappa shape index (κ1) is 21.3. The van der Waals surface area contributed by atoms with Crippen LogP contribution in [0.4, 0.5) is 0 Å². The fourth-order valence-corrected chi connectivity index (χ4v) is 3.89. The molecule has 0 saturated carbocycles. The second-order valence-corrected chi connectivity index (χ2v) is 8.41. The summed E-state index contributed by atoms with van der Waals surface area (Å²) < 4.78 is 16.7. The minimum absolute atomic E-state index is 0.0323. The number of esters is 2. The molecule has 3 heterocycles. The first-order valence-corrected chi connectivity index (χ1v) is 9.69. The number of halogens is 1. The number of aliphatic hydroxyl groups excluding tert-OH is 1. The van der Waals surface area contributed by atoms with Crippen LogP contribution in [0, 0.1) is 5.92 Å². The topological polar surface area (TPSA) is 123 Å². The molecule has 5 unspecified atom stereocenters. The standard InChI is InChI=1S/C19H25ClO8/c1-10-6-12(27-16(23)18(3,24)9-20)14-11(8-21)15(22)26-13(14)7-17(2)4-5-19(10,25)28-17/h7,10,12,21,24-25H,4-6,8-9H2,1-3H3. The van der Waals surface area contributed by atoms with Gasteiger partial charge < -0.3 is 29.5 Å². The van der Waals surface area contributed by atoms with Gasteiger partial charge in [0, 0.05) is 17.9 Å². The summed E-state index contributed by atoms with van der Waals surface area (Å²) in [5.41, 5.74) is -2.64. The van der Waals surface area contributed by atoms with Crippen LogP contribution in [0.15, 0.2) is 23.0 Å². The zero-order valence-electron chi connectivity index (χ0n) is 16.0. The molecule has 156 valence electrons. The van der Waals surface area contributed by atoms with E-state index in [1.54, 1.807) is 19.9 Å². The van der Waals surface area contributed by atoms with E-state index in [-0.39, 0.29) is 29.2 Å². The van der Waals surface area contributed by atoms with E-state index in [0.29, 0.717) is 12.8 Å². The zero-order valence-corrected chi connectivity index (χ0v) is 16.8. The Balaban J connectivity index is 2.09. The van der Waals surface area contributed by atoms with E-state index in [1.807, 2.05) is 0 Å². The lowest BCUT2D eigenvalue weighted by Crippen LogP contribution is -2.43. The van der Waals surface area contributed by atoms with Crippen molar-refractivity contribution in [2.75, 3.05) is 12.5 Å². The van der Waals surface area contributed by atoms with Crippen molar-refractivity contribution in [3.05, 3.63) is 23.0 Å². The lowest BCUT2D eigenvalue weighted by molar-refractivity contribution is -0.239. The van der Waals surface area contributed by atoms with Gasteiger partial charge in [0.05, 0.1) is 23.7 Å². The van der Waals surface area contributed by atoms with Gasteiger partial charge in [-0.25, -0.2) is 9.59 Å². The molecule has 9 heteroatoms. The fraction of sp³-hybridized carbons (Fsp3) is 0.684. The summed E-state index contributed by atoms with van der Waals surface area (Å²) >= 11 is 5.65. The van der Waals surface area contributed by atoms with Crippen LogP contribution in [0.25, 0.3) is 0 Å². The lowest BCUT2D eigenvalue weighted by atomic mass is 9.85. The van der Waals surface area contributed by atoms with Gasteiger partial charge in [-0.15, -0.1) is 11.6 Å². The highest BCUT2D eigenvalue weighted by Gasteiger charge is 2.52. The smallest absolute Gasteiger partial charge is 0.342 e. The molecular formula is C19H25ClO8. The second kappa shape index (κ2) is 7.11. The minimum Gasteiger partial charge on any atom is -0.455 e. The van der Waals surface area contributed by atoms with E-state index in [0.717, 1.165) is 0 Å². The van der Waals surface area contributed by atoms with Crippen LogP contribution in [0.2, 0.25) is 0 Å². The molecule has 0 radical (unpaired) electrons. The van der Waals surface area contributed by atoms with Crippen molar-refractivity contribution in [1.29, 1.82) is 0 Å². The number of carbonyl (C=O) groups excluding carboxylic acids is 2. The number of alkyl halides is 1. The highest BCUT2D eigenvalue weighted by molar-refractivity contribution is 6.20. The van der Waals surface area contributed by atoms with Gasteiger partial charge in [-0.2, -0.15) is 0 Å². The van der Waals surface area contributed by atoms with Crippen LogP contribution in [0.3, 0.4) is 0 Å². The summed E-state index contributed by atoms with van der Waals surface area (Å²) in [5, 5.41) is 30.8. The van der Waals surface area contributed by atoms with Crippen LogP contribution in [0.5, 0.6) is 0 Å². The summed E-state index contributed by atoms with van der Waals surface area (Å²) in [4.78, 5) is 24.7. The van der Waals surface area contributed by atoms with E-state index in [4.69, 9.17) is 25.8 Å². The quantitative estimate of drug-likeness (QED) is 0.456. The Morgan fingerprint density at radius 2 is 2.14 bits per heavy atom. The molecule has 0 spiro atoms. The third-order valence-corrected chi connectivity index (χ3v) is 6.15. The SMILES string of the molecule is CC1CC(OC(=O)C(C)(O)CCl)C2=C(CO)C(=O)OC2=CC2(C)CCC1(O)O2. The number of carbonyl (C=O) groups is 2. The largest absolute Gasteiger partial charge is 0.455 e. The van der Waals surface area contributed by atoms with Crippen LogP contribution < -0.4 is 0 Å². The molecule has 1 fully saturated rings. The predicted molar refractivity (Wildman–Crippen MR) is 97.0 cm³/mol. The van der Waals surface area contributed by atoms with E-state index < -0.39 is 47.6 Å². The number of hydrogen-bond acceptors (Lipinski definition) is 8. The number of ether oxygens (including phenoxy) is 3. The molecule has 3 aliphatic rings. The molecule has 0 amide bonds. The van der Waals surface area contributed by atoms with Crippen molar-refractivity contribution in [3.63, 3.8) is 0 Å². The maximum Gasteiger partial charge on any atom is 0.342 e. The molecule has 5 atom stereocenters. The van der Waals surface area contributed by atoms with Crippen molar-refractivity contribution >= 4 is 23.5 Å². The summed E-state index contributed by atoms with van der Waals surface area (Å²) in [6.45, 7) is 4.11. The Hall–Kier alpha value is -1.45. The van der Waals surface area contributed by atoms with Gasteiger partial charge in [-0.1, -0.05) is 6.92 Å². The molecule has 0 aromatic rings. The van der Waals surface area contributed by atoms with E-state index in [2.05, 4.69) is 0 Å². The van der Waals surface area contributed by atoms with Gasteiger partial charge in [0.15, 0.2) is 11.4 Å². The summed E-state index contributed by atoms with van der Waals surface area (Å²) in [6.07, 6.45) is 1.46. The molecule has 0 aliphatic carbocycles. The Bertz CT molecular complexity index is 757. The van der Waals surface area contributed by atoms with Crippen molar-refractivity contribution in [2.45, 2.75) is 63.1 Å². The van der Waals surface area contributed by atoms with Gasteiger partial charge >= 0.3 is 11.9 Å². The molecule has 0 aromatic carbocycles. The molecular weight excluding hydrogens is 392 g/mol. The Morgan fingerprint density at radius 1 is 1.46 bits per heavy atom. The Morgan fingerprint density at radius 3 is 2.75 bits per heavy atom. The molecule has 2 bridgehead atoms.